The maximum atomic E-state index is 13.4. The number of carbonyl (C=O) groups excluding carboxylic acids is 3. The Morgan fingerprint density at radius 2 is 1.14 bits per heavy atom. The van der Waals surface area contributed by atoms with Crippen molar-refractivity contribution in [1.82, 2.24) is 0 Å². The number of rotatable bonds is 9. The first-order valence-corrected chi connectivity index (χ1v) is 15.2. The second-order valence-corrected chi connectivity index (χ2v) is 11.9. The number of carbonyl (C=O) groups is 3. The van der Waals surface area contributed by atoms with E-state index in [1.165, 1.54) is 36.4 Å². The highest BCUT2D eigenvalue weighted by molar-refractivity contribution is 7.92. The standard InChI is InChI=1S/C35H29N3O5S/c1-23-12-19-28(20-13-23)44(42,43)38-27-17-15-26(16-18-27)34(40)36-31-11-7-6-10-29(31)35(41)37-32-21-14-24(2)22-30(32)33(39)25-8-4-3-5-9-25/h3-22,38H,1-2H3,(H,36,40)(H,37,41). The van der Waals surface area contributed by atoms with Gasteiger partial charge in [0.1, 0.15) is 0 Å². The molecule has 3 N–H and O–H groups in total. The van der Waals surface area contributed by atoms with Crippen molar-refractivity contribution in [1.29, 1.82) is 0 Å². The van der Waals surface area contributed by atoms with Crippen molar-refractivity contribution in [3.63, 3.8) is 0 Å². The third-order valence-corrected chi connectivity index (χ3v) is 8.25. The van der Waals surface area contributed by atoms with Crippen molar-refractivity contribution < 1.29 is 22.8 Å². The molecule has 44 heavy (non-hydrogen) atoms. The topological polar surface area (TPSA) is 121 Å². The first-order chi connectivity index (χ1) is 21.1. The third kappa shape index (κ3) is 6.91. The lowest BCUT2D eigenvalue weighted by atomic mass is 9.99. The van der Waals surface area contributed by atoms with Gasteiger partial charge in [-0.25, -0.2) is 8.42 Å². The molecule has 0 fully saturated rings. The van der Waals surface area contributed by atoms with Crippen molar-refractivity contribution in [3.8, 4) is 0 Å². The van der Waals surface area contributed by atoms with Crippen molar-refractivity contribution >= 4 is 44.7 Å². The van der Waals surface area contributed by atoms with Gasteiger partial charge in [-0.3, -0.25) is 19.1 Å². The fourth-order valence-corrected chi connectivity index (χ4v) is 5.55. The summed E-state index contributed by atoms with van der Waals surface area (Å²) in [5.74, 6) is -1.23. The Labute approximate surface area is 255 Å². The highest BCUT2D eigenvalue weighted by atomic mass is 32.2. The number of benzene rings is 5. The summed E-state index contributed by atoms with van der Waals surface area (Å²) in [5.41, 5.74) is 4.01. The first kappa shape index (κ1) is 29.9. The van der Waals surface area contributed by atoms with E-state index in [0.29, 0.717) is 22.5 Å². The number of hydrogen-bond donors (Lipinski definition) is 3. The summed E-state index contributed by atoms with van der Waals surface area (Å²) in [6.07, 6.45) is 0. The summed E-state index contributed by atoms with van der Waals surface area (Å²) in [6.45, 7) is 3.73. The van der Waals surface area contributed by atoms with Crippen molar-refractivity contribution in [3.05, 3.63) is 155 Å². The van der Waals surface area contributed by atoms with E-state index < -0.39 is 21.8 Å². The van der Waals surface area contributed by atoms with Crippen LogP contribution in [-0.4, -0.2) is 26.0 Å². The summed E-state index contributed by atoms with van der Waals surface area (Å²) < 4.78 is 27.9. The molecule has 5 rings (SSSR count). The van der Waals surface area contributed by atoms with Gasteiger partial charge in [0.05, 0.1) is 21.8 Å². The molecule has 0 saturated carbocycles. The zero-order valence-corrected chi connectivity index (χ0v) is 24.8. The number of anilines is 3. The van der Waals surface area contributed by atoms with Crippen molar-refractivity contribution in [2.45, 2.75) is 18.7 Å². The molecule has 2 amide bonds. The first-order valence-electron chi connectivity index (χ1n) is 13.7. The van der Waals surface area contributed by atoms with Crippen LogP contribution >= 0.6 is 0 Å². The van der Waals surface area contributed by atoms with Crippen molar-refractivity contribution in [2.75, 3.05) is 15.4 Å². The molecule has 5 aromatic carbocycles. The van der Waals surface area contributed by atoms with Gasteiger partial charge in [0.25, 0.3) is 21.8 Å². The summed E-state index contributed by atoms with van der Waals surface area (Å²) in [5, 5.41) is 5.59. The number of nitrogens with one attached hydrogen (secondary N) is 3. The van der Waals surface area contributed by atoms with Crippen LogP contribution in [0.2, 0.25) is 0 Å². The predicted molar refractivity (Wildman–Crippen MR) is 172 cm³/mol. The van der Waals surface area contributed by atoms with E-state index in [1.807, 2.05) is 19.9 Å². The summed E-state index contributed by atoms with van der Waals surface area (Å²) >= 11 is 0. The smallest absolute Gasteiger partial charge is 0.261 e. The molecular formula is C35H29N3O5S. The van der Waals surface area contributed by atoms with Crippen LogP contribution in [0.25, 0.3) is 0 Å². The maximum Gasteiger partial charge on any atom is 0.261 e. The van der Waals surface area contributed by atoms with Gasteiger partial charge in [-0.15, -0.1) is 0 Å². The monoisotopic (exact) mass is 603 g/mol. The number of para-hydroxylation sites is 1. The van der Waals surface area contributed by atoms with E-state index in [2.05, 4.69) is 15.4 Å². The average Bonchev–Trinajstić information content (AvgIpc) is 3.02. The molecule has 0 bridgehead atoms. The quantitative estimate of drug-likeness (QED) is 0.159. The van der Waals surface area contributed by atoms with Gasteiger partial charge in [0.2, 0.25) is 0 Å². The molecule has 0 radical (unpaired) electrons. The molecule has 0 saturated heterocycles. The Hall–Kier alpha value is -5.54. The molecule has 8 nitrogen and oxygen atoms in total. The van der Waals surface area contributed by atoms with Gasteiger partial charge in [-0.2, -0.15) is 0 Å². The largest absolute Gasteiger partial charge is 0.321 e. The molecule has 9 heteroatoms. The van der Waals surface area contributed by atoms with E-state index in [-0.39, 0.29) is 27.5 Å². The lowest BCUT2D eigenvalue weighted by Crippen LogP contribution is -2.19. The molecule has 0 spiro atoms. The summed E-state index contributed by atoms with van der Waals surface area (Å²) in [4.78, 5) is 39.9. The number of hydrogen-bond acceptors (Lipinski definition) is 5. The number of amides is 2. The SMILES string of the molecule is Cc1ccc(S(=O)(=O)Nc2ccc(C(=O)Nc3ccccc3C(=O)Nc3ccc(C)cc3C(=O)c3ccccc3)cc2)cc1. The van der Waals surface area contributed by atoms with Gasteiger partial charge >= 0.3 is 0 Å². The molecule has 0 aromatic heterocycles. The Morgan fingerprint density at radius 3 is 1.84 bits per heavy atom. The molecule has 0 aliphatic carbocycles. The van der Waals surface area contributed by atoms with Crippen LogP contribution in [0, 0.1) is 13.8 Å². The van der Waals surface area contributed by atoms with Crippen LogP contribution in [0.1, 0.15) is 47.8 Å². The minimum absolute atomic E-state index is 0.127. The fourth-order valence-electron chi connectivity index (χ4n) is 4.50. The zero-order chi connectivity index (χ0) is 31.3. The highest BCUT2D eigenvalue weighted by Crippen LogP contribution is 2.24. The van der Waals surface area contributed by atoms with Gasteiger partial charge in [-0.05, 0) is 74.5 Å². The van der Waals surface area contributed by atoms with Crippen LogP contribution in [0.4, 0.5) is 17.1 Å². The van der Waals surface area contributed by atoms with Gasteiger partial charge < -0.3 is 10.6 Å². The van der Waals surface area contributed by atoms with Gasteiger partial charge in [-0.1, -0.05) is 71.8 Å². The second-order valence-electron chi connectivity index (χ2n) is 10.2. The average molecular weight is 604 g/mol. The predicted octanol–water partition coefficient (Wildman–Crippen LogP) is 6.84. The Morgan fingerprint density at radius 1 is 0.545 bits per heavy atom. The molecule has 0 aliphatic rings. The van der Waals surface area contributed by atoms with Gasteiger partial charge in [0.15, 0.2) is 5.78 Å². The maximum absolute atomic E-state index is 13.4. The summed E-state index contributed by atoms with van der Waals surface area (Å²) in [7, 11) is -3.80. The van der Waals surface area contributed by atoms with Crippen molar-refractivity contribution in [2.24, 2.45) is 0 Å². The Bertz CT molecular complexity index is 1950. The normalized spacial score (nSPS) is 11.0. The van der Waals surface area contributed by atoms with Gasteiger partial charge in [0, 0.05) is 22.4 Å². The van der Waals surface area contributed by atoms with Crippen LogP contribution in [0.5, 0.6) is 0 Å². The number of ketones is 1. The highest BCUT2D eigenvalue weighted by Gasteiger charge is 2.19. The molecule has 5 aromatic rings. The third-order valence-electron chi connectivity index (χ3n) is 6.85. The molecular weight excluding hydrogens is 574 g/mol. The van der Waals surface area contributed by atoms with Crippen LogP contribution < -0.4 is 15.4 Å². The Balaban J connectivity index is 1.31. The molecule has 0 aliphatic heterocycles. The molecule has 220 valence electrons. The number of sulfonamides is 1. The van der Waals surface area contributed by atoms with E-state index in [1.54, 1.807) is 78.9 Å². The van der Waals surface area contributed by atoms with E-state index in [0.717, 1.165) is 11.1 Å². The zero-order valence-electron chi connectivity index (χ0n) is 24.0. The molecule has 0 unspecified atom stereocenters. The van der Waals surface area contributed by atoms with E-state index >= 15 is 0 Å². The molecule has 0 heterocycles. The minimum atomic E-state index is -3.80. The van der Waals surface area contributed by atoms with Crippen LogP contribution in [-0.2, 0) is 10.0 Å². The van der Waals surface area contributed by atoms with Crippen LogP contribution in [0.3, 0.4) is 0 Å². The summed E-state index contributed by atoms with van der Waals surface area (Å²) in [6, 6.07) is 33.0. The van der Waals surface area contributed by atoms with Crippen LogP contribution in [0.15, 0.2) is 126 Å². The fraction of sp³-hybridized carbons (Fsp3) is 0.0571. The number of aryl methyl sites for hydroxylation is 2. The van der Waals surface area contributed by atoms with E-state index in [9.17, 15) is 22.8 Å². The Kier molecular flexibility index (Phi) is 8.68. The lowest BCUT2D eigenvalue weighted by molar-refractivity contribution is 0.102. The molecule has 0 atom stereocenters. The second kappa shape index (κ2) is 12.8. The minimum Gasteiger partial charge on any atom is -0.321 e. The lowest BCUT2D eigenvalue weighted by Gasteiger charge is -2.14. The van der Waals surface area contributed by atoms with E-state index in [4.69, 9.17) is 0 Å².